The lowest BCUT2D eigenvalue weighted by Crippen LogP contribution is -2.49. The quantitative estimate of drug-likeness (QED) is 0.632. The van der Waals surface area contributed by atoms with Gasteiger partial charge in [-0.1, -0.05) is 61.9 Å². The predicted molar refractivity (Wildman–Crippen MR) is 133 cm³/mol. The number of benzene rings is 2. The molecule has 4 nitrogen and oxygen atoms in total. The highest BCUT2D eigenvalue weighted by atomic mass is 16.5. The molecule has 2 aromatic carbocycles. The van der Waals surface area contributed by atoms with E-state index in [2.05, 4.69) is 94.5 Å². The van der Waals surface area contributed by atoms with Gasteiger partial charge in [0.1, 0.15) is 0 Å². The molecule has 1 N–H and O–H groups in total. The molecule has 0 spiro atoms. The predicted octanol–water partition coefficient (Wildman–Crippen LogP) is 5.01. The summed E-state index contributed by atoms with van der Waals surface area (Å²) in [4.78, 5) is 15.7. The third-order valence-electron chi connectivity index (χ3n) is 6.57. The van der Waals surface area contributed by atoms with Crippen LogP contribution in [0.1, 0.15) is 43.4 Å². The van der Waals surface area contributed by atoms with Gasteiger partial charge >= 0.3 is 0 Å². The minimum Gasteiger partial charge on any atom is -0.381 e. The topological polar surface area (TPSA) is 41.6 Å². The first-order chi connectivity index (χ1) is 15.1. The van der Waals surface area contributed by atoms with Crippen molar-refractivity contribution in [1.82, 2.24) is 10.2 Å². The number of carbonyl (C=O) groups excluding carboxylic acids is 1. The number of rotatable bonds is 8. The molecule has 1 fully saturated rings. The van der Waals surface area contributed by atoms with Crippen molar-refractivity contribution in [1.29, 1.82) is 0 Å². The van der Waals surface area contributed by atoms with Crippen molar-refractivity contribution in [3.63, 3.8) is 0 Å². The molecular weight excluding hydrogens is 396 g/mol. The Labute approximate surface area is 194 Å². The van der Waals surface area contributed by atoms with E-state index in [1.54, 1.807) is 0 Å². The fourth-order valence-corrected chi connectivity index (χ4v) is 5.04. The first kappa shape index (κ1) is 24.5. The maximum atomic E-state index is 13.5. The number of ether oxygens (including phenoxy) is 1. The van der Waals surface area contributed by atoms with Crippen molar-refractivity contribution in [2.75, 3.05) is 40.4 Å². The van der Waals surface area contributed by atoms with E-state index in [-0.39, 0.29) is 11.3 Å². The lowest BCUT2D eigenvalue weighted by molar-refractivity contribution is -0.137. The van der Waals surface area contributed by atoms with E-state index >= 15 is 0 Å². The summed E-state index contributed by atoms with van der Waals surface area (Å²) < 4.78 is 5.64. The average Bonchev–Trinajstić information content (AvgIpc) is 2.72. The number of carbonyl (C=O) groups is 1. The Morgan fingerprint density at radius 2 is 1.81 bits per heavy atom. The summed E-state index contributed by atoms with van der Waals surface area (Å²) in [7, 11) is 4.15. The maximum Gasteiger partial charge on any atom is 0.226 e. The molecule has 2 aromatic rings. The van der Waals surface area contributed by atoms with Crippen molar-refractivity contribution in [2.45, 2.75) is 47.0 Å². The number of hydrogen-bond donors (Lipinski definition) is 1. The van der Waals surface area contributed by atoms with Crippen molar-refractivity contribution in [3.05, 3.63) is 59.2 Å². The van der Waals surface area contributed by atoms with Gasteiger partial charge in [0, 0.05) is 26.3 Å². The molecule has 1 heterocycles. The third-order valence-corrected chi connectivity index (χ3v) is 6.57. The number of nitrogens with one attached hydrogen (secondary N) is 1. The van der Waals surface area contributed by atoms with E-state index in [0.29, 0.717) is 19.8 Å². The van der Waals surface area contributed by atoms with Crippen LogP contribution in [0, 0.1) is 24.7 Å². The largest absolute Gasteiger partial charge is 0.381 e. The zero-order chi connectivity index (χ0) is 23.4. The second-order valence-corrected chi connectivity index (χ2v) is 10.7. The Morgan fingerprint density at radius 1 is 1.09 bits per heavy atom. The van der Waals surface area contributed by atoms with Crippen LogP contribution in [0.4, 0.5) is 0 Å². The van der Waals surface area contributed by atoms with E-state index < -0.39 is 5.41 Å². The minimum atomic E-state index is -0.409. The lowest BCUT2D eigenvalue weighted by atomic mass is 9.74. The normalized spacial score (nSPS) is 16.2. The average molecular weight is 437 g/mol. The highest BCUT2D eigenvalue weighted by Crippen LogP contribution is 2.36. The van der Waals surface area contributed by atoms with Gasteiger partial charge in [0.25, 0.3) is 0 Å². The Kier molecular flexibility index (Phi) is 7.79. The summed E-state index contributed by atoms with van der Waals surface area (Å²) in [5.74, 6) is 0.171. The highest BCUT2D eigenvalue weighted by molar-refractivity contribution is 5.83. The van der Waals surface area contributed by atoms with Crippen LogP contribution >= 0.6 is 0 Å². The van der Waals surface area contributed by atoms with Crippen LogP contribution in [0.2, 0.25) is 0 Å². The zero-order valence-electron chi connectivity index (χ0n) is 20.8. The van der Waals surface area contributed by atoms with Crippen LogP contribution in [0.25, 0.3) is 11.1 Å². The fourth-order valence-electron chi connectivity index (χ4n) is 5.04. The lowest BCUT2D eigenvalue weighted by Gasteiger charge is -2.37. The van der Waals surface area contributed by atoms with Crippen molar-refractivity contribution in [2.24, 2.45) is 10.8 Å². The molecule has 4 heteroatoms. The summed E-state index contributed by atoms with van der Waals surface area (Å²) in [6, 6.07) is 15.3. The molecule has 1 amide bonds. The molecule has 0 bridgehead atoms. The molecular formula is C28H40N2O2. The molecule has 0 aromatic heterocycles. The fraction of sp³-hybridized carbons (Fsp3) is 0.536. The molecule has 0 saturated carbocycles. The van der Waals surface area contributed by atoms with Crippen LogP contribution in [0.5, 0.6) is 0 Å². The molecule has 0 unspecified atom stereocenters. The minimum absolute atomic E-state index is 0.0222. The van der Waals surface area contributed by atoms with E-state index in [1.165, 1.54) is 27.8 Å². The Bertz CT molecular complexity index is 927. The third kappa shape index (κ3) is 6.20. The van der Waals surface area contributed by atoms with Crippen LogP contribution in [-0.4, -0.2) is 51.2 Å². The molecule has 1 aliphatic rings. The van der Waals surface area contributed by atoms with E-state index in [4.69, 9.17) is 4.74 Å². The first-order valence-corrected chi connectivity index (χ1v) is 11.8. The second kappa shape index (κ2) is 10.2. The molecule has 3 rings (SSSR count). The van der Waals surface area contributed by atoms with Crippen LogP contribution in [0.3, 0.4) is 0 Å². The van der Waals surface area contributed by atoms with Gasteiger partial charge in [0.05, 0.1) is 5.41 Å². The monoisotopic (exact) mass is 436 g/mol. The van der Waals surface area contributed by atoms with Crippen molar-refractivity contribution < 1.29 is 9.53 Å². The van der Waals surface area contributed by atoms with Gasteiger partial charge < -0.3 is 15.0 Å². The van der Waals surface area contributed by atoms with E-state index in [1.807, 2.05) is 0 Å². The van der Waals surface area contributed by atoms with Gasteiger partial charge in [-0.05, 0) is 74.9 Å². The standard InChI is InChI=1S/C28H40N2O2/c1-21-10-11-25(22(2)16-21)24-9-7-8-23(17-24)18-28(12-14-32-15-13-28)26(31)29-19-27(3,4)20-30(5)6/h7-11,16-17H,12-15,18-20H2,1-6H3,(H,29,31). The molecule has 174 valence electrons. The Morgan fingerprint density at radius 3 is 2.47 bits per heavy atom. The smallest absolute Gasteiger partial charge is 0.226 e. The Balaban J connectivity index is 1.80. The number of nitrogens with zero attached hydrogens (tertiary/aromatic N) is 1. The van der Waals surface area contributed by atoms with Crippen molar-refractivity contribution in [3.8, 4) is 11.1 Å². The number of aryl methyl sites for hydroxylation is 2. The van der Waals surface area contributed by atoms with Gasteiger partial charge in [-0.2, -0.15) is 0 Å². The van der Waals surface area contributed by atoms with Gasteiger partial charge in [-0.25, -0.2) is 0 Å². The van der Waals surface area contributed by atoms with Gasteiger partial charge in [0.2, 0.25) is 5.91 Å². The number of hydrogen-bond acceptors (Lipinski definition) is 3. The zero-order valence-corrected chi connectivity index (χ0v) is 20.8. The van der Waals surface area contributed by atoms with Gasteiger partial charge in [0.15, 0.2) is 0 Å². The first-order valence-electron chi connectivity index (χ1n) is 11.8. The summed E-state index contributed by atoms with van der Waals surface area (Å²) in [6.45, 7) is 11.6. The Hall–Kier alpha value is -2.17. The maximum absolute atomic E-state index is 13.5. The molecule has 1 saturated heterocycles. The highest BCUT2D eigenvalue weighted by Gasteiger charge is 2.40. The van der Waals surface area contributed by atoms with E-state index in [0.717, 1.165) is 25.8 Å². The molecule has 0 atom stereocenters. The summed E-state index contributed by atoms with van der Waals surface area (Å²) in [5.41, 5.74) is 5.86. The summed E-state index contributed by atoms with van der Waals surface area (Å²) in [6.07, 6.45) is 2.27. The molecule has 1 aliphatic heterocycles. The molecule has 32 heavy (non-hydrogen) atoms. The van der Waals surface area contributed by atoms with Crippen molar-refractivity contribution >= 4 is 5.91 Å². The van der Waals surface area contributed by atoms with Gasteiger partial charge in [-0.3, -0.25) is 4.79 Å². The number of amides is 1. The molecule has 0 radical (unpaired) electrons. The van der Waals surface area contributed by atoms with E-state index in [9.17, 15) is 4.79 Å². The SMILES string of the molecule is Cc1ccc(-c2cccc(CC3(C(=O)NCC(C)(C)CN(C)C)CCOCC3)c2)c(C)c1. The molecule has 0 aliphatic carbocycles. The van der Waals surface area contributed by atoms with Crippen LogP contribution in [-0.2, 0) is 16.0 Å². The van der Waals surface area contributed by atoms with Gasteiger partial charge in [-0.15, -0.1) is 0 Å². The summed E-state index contributed by atoms with van der Waals surface area (Å²) >= 11 is 0. The summed E-state index contributed by atoms with van der Waals surface area (Å²) in [5, 5.41) is 3.30. The second-order valence-electron chi connectivity index (χ2n) is 10.7. The van der Waals surface area contributed by atoms with Crippen LogP contribution < -0.4 is 5.32 Å². The van der Waals surface area contributed by atoms with Crippen LogP contribution in [0.15, 0.2) is 42.5 Å².